The number of hydrogen-bond donors (Lipinski definition) is 0. The van der Waals surface area contributed by atoms with Gasteiger partial charge in [-0.25, -0.2) is 0 Å². The van der Waals surface area contributed by atoms with Crippen molar-refractivity contribution in [2.75, 3.05) is 57.3 Å². The predicted molar refractivity (Wildman–Crippen MR) is 112 cm³/mol. The zero-order chi connectivity index (χ0) is 19.3. The molecule has 2 aromatic carbocycles. The number of piperazine rings is 1. The number of nitrogens with zero attached hydrogens (tertiary/aromatic N) is 3. The topological polar surface area (TPSA) is 36.0 Å². The molecule has 28 heavy (non-hydrogen) atoms. The molecule has 1 saturated heterocycles. The van der Waals surface area contributed by atoms with Crippen LogP contribution in [-0.4, -0.2) is 68.1 Å². The van der Waals surface area contributed by atoms with E-state index in [0.29, 0.717) is 13.2 Å². The zero-order valence-corrected chi connectivity index (χ0v) is 16.8. The Balaban J connectivity index is 1.18. The lowest BCUT2D eigenvalue weighted by Gasteiger charge is -2.34. The molecule has 1 amide bonds. The highest BCUT2D eigenvalue weighted by molar-refractivity contribution is 6.30. The van der Waals surface area contributed by atoms with E-state index >= 15 is 0 Å². The van der Waals surface area contributed by atoms with E-state index in [-0.39, 0.29) is 5.91 Å². The van der Waals surface area contributed by atoms with E-state index in [4.69, 9.17) is 16.3 Å². The molecule has 5 nitrogen and oxygen atoms in total. The van der Waals surface area contributed by atoms with Gasteiger partial charge in [-0.1, -0.05) is 29.8 Å². The number of ether oxygens (including phenoxy) is 1. The second kappa shape index (κ2) is 8.95. The van der Waals surface area contributed by atoms with Gasteiger partial charge in [-0.3, -0.25) is 14.6 Å². The molecule has 2 aliphatic rings. The number of rotatable bonds is 6. The number of hydrogen-bond acceptors (Lipinski definition) is 4. The van der Waals surface area contributed by atoms with Gasteiger partial charge >= 0.3 is 0 Å². The van der Waals surface area contributed by atoms with E-state index in [1.54, 1.807) is 0 Å². The van der Waals surface area contributed by atoms with E-state index in [1.165, 1.54) is 5.56 Å². The number of anilines is 1. The second-order valence-corrected chi connectivity index (χ2v) is 7.78. The van der Waals surface area contributed by atoms with E-state index in [2.05, 4.69) is 21.9 Å². The zero-order valence-electron chi connectivity index (χ0n) is 16.0. The molecule has 0 aromatic heterocycles. The lowest BCUT2D eigenvalue weighted by Crippen LogP contribution is -2.50. The molecule has 0 aliphatic carbocycles. The lowest BCUT2D eigenvalue weighted by molar-refractivity contribution is -0.120. The molecule has 2 aromatic rings. The van der Waals surface area contributed by atoms with Crippen molar-refractivity contribution in [3.05, 3.63) is 59.1 Å². The molecule has 0 atom stereocenters. The molecule has 0 spiro atoms. The van der Waals surface area contributed by atoms with Gasteiger partial charge in [0.25, 0.3) is 0 Å². The Kier molecular flexibility index (Phi) is 6.15. The number of benzene rings is 2. The highest BCUT2D eigenvalue weighted by Crippen LogP contribution is 2.27. The van der Waals surface area contributed by atoms with Crippen molar-refractivity contribution in [1.82, 2.24) is 9.80 Å². The largest absolute Gasteiger partial charge is 0.492 e. The van der Waals surface area contributed by atoms with Crippen LogP contribution in [0.15, 0.2) is 48.5 Å². The molecule has 2 aliphatic heterocycles. The van der Waals surface area contributed by atoms with E-state index in [9.17, 15) is 4.79 Å². The lowest BCUT2D eigenvalue weighted by atomic mass is 10.2. The maximum Gasteiger partial charge on any atom is 0.241 e. The van der Waals surface area contributed by atoms with Crippen molar-refractivity contribution in [3.63, 3.8) is 0 Å². The third-order valence-electron chi connectivity index (χ3n) is 5.50. The SMILES string of the molecule is O=C(CN1CCN(CCOc2ccc(Cl)cc2)CC1)N1CCc2ccccc21. The molecule has 2 heterocycles. The van der Waals surface area contributed by atoms with Crippen LogP contribution in [-0.2, 0) is 11.2 Å². The number of fused-ring (bicyclic) bond motifs is 1. The summed E-state index contributed by atoms with van der Waals surface area (Å²) >= 11 is 5.89. The van der Waals surface area contributed by atoms with E-state index in [0.717, 1.165) is 62.1 Å². The maximum atomic E-state index is 12.8. The Bertz CT molecular complexity index is 804. The molecule has 148 valence electrons. The Morgan fingerprint density at radius 1 is 0.929 bits per heavy atom. The van der Waals surface area contributed by atoms with Gasteiger partial charge < -0.3 is 9.64 Å². The van der Waals surface area contributed by atoms with Crippen LogP contribution in [0.5, 0.6) is 5.75 Å². The average Bonchev–Trinajstić information content (AvgIpc) is 3.15. The number of carbonyl (C=O) groups is 1. The molecule has 1 fully saturated rings. The maximum absolute atomic E-state index is 12.8. The summed E-state index contributed by atoms with van der Waals surface area (Å²) in [6.45, 7) is 6.63. The minimum atomic E-state index is 0.212. The van der Waals surface area contributed by atoms with Gasteiger partial charge in [0, 0.05) is 50.0 Å². The normalized spacial score (nSPS) is 17.5. The third-order valence-corrected chi connectivity index (χ3v) is 5.75. The summed E-state index contributed by atoms with van der Waals surface area (Å²) in [6.07, 6.45) is 0.962. The first kappa shape index (κ1) is 19.2. The van der Waals surface area contributed by atoms with Gasteiger partial charge in [0.2, 0.25) is 5.91 Å². The van der Waals surface area contributed by atoms with Crippen molar-refractivity contribution in [1.29, 1.82) is 0 Å². The highest BCUT2D eigenvalue weighted by atomic mass is 35.5. The molecule has 0 bridgehead atoms. The first-order valence-electron chi connectivity index (χ1n) is 9.90. The molecule has 6 heteroatoms. The monoisotopic (exact) mass is 399 g/mol. The molecule has 0 radical (unpaired) electrons. The van der Waals surface area contributed by atoms with Crippen LogP contribution in [0, 0.1) is 0 Å². The van der Waals surface area contributed by atoms with Gasteiger partial charge in [0.15, 0.2) is 0 Å². The van der Waals surface area contributed by atoms with Gasteiger partial charge in [0.05, 0.1) is 6.54 Å². The van der Waals surface area contributed by atoms with Crippen LogP contribution in [0.3, 0.4) is 0 Å². The Morgan fingerprint density at radius 2 is 1.64 bits per heavy atom. The molecule has 0 saturated carbocycles. The van der Waals surface area contributed by atoms with E-state index in [1.807, 2.05) is 41.3 Å². The van der Waals surface area contributed by atoms with Gasteiger partial charge in [-0.05, 0) is 42.3 Å². The van der Waals surface area contributed by atoms with Crippen LogP contribution < -0.4 is 9.64 Å². The minimum absolute atomic E-state index is 0.212. The van der Waals surface area contributed by atoms with E-state index < -0.39 is 0 Å². The highest BCUT2D eigenvalue weighted by Gasteiger charge is 2.26. The summed E-state index contributed by atoms with van der Waals surface area (Å²) in [4.78, 5) is 19.4. The van der Waals surface area contributed by atoms with Crippen molar-refractivity contribution in [2.45, 2.75) is 6.42 Å². The Labute approximate surface area is 171 Å². The molecular weight excluding hydrogens is 374 g/mol. The standard InChI is InChI=1S/C22H26ClN3O2/c23-19-5-7-20(8-6-19)28-16-15-24-11-13-25(14-12-24)17-22(27)26-10-9-18-3-1-2-4-21(18)26/h1-8H,9-17H2. The van der Waals surface area contributed by atoms with Gasteiger partial charge in [-0.15, -0.1) is 0 Å². The first-order chi connectivity index (χ1) is 13.7. The molecule has 0 unspecified atom stereocenters. The van der Waals surface area contributed by atoms with Crippen molar-refractivity contribution < 1.29 is 9.53 Å². The summed E-state index contributed by atoms with van der Waals surface area (Å²) in [5.41, 5.74) is 2.37. The molecular formula is C22H26ClN3O2. The van der Waals surface area contributed by atoms with Crippen LogP contribution in [0.2, 0.25) is 5.02 Å². The van der Waals surface area contributed by atoms with Crippen molar-refractivity contribution >= 4 is 23.2 Å². The van der Waals surface area contributed by atoms with Gasteiger partial charge in [-0.2, -0.15) is 0 Å². The smallest absolute Gasteiger partial charge is 0.241 e. The summed E-state index contributed by atoms with van der Waals surface area (Å²) < 4.78 is 5.78. The molecule has 0 N–H and O–H groups in total. The number of amides is 1. The summed E-state index contributed by atoms with van der Waals surface area (Å²) in [7, 11) is 0. The fraction of sp³-hybridized carbons (Fsp3) is 0.409. The predicted octanol–water partition coefficient (Wildman–Crippen LogP) is 2.93. The Hall–Kier alpha value is -2.08. The Morgan fingerprint density at radius 3 is 2.43 bits per heavy atom. The fourth-order valence-corrected chi connectivity index (χ4v) is 3.99. The number of halogens is 1. The van der Waals surface area contributed by atoms with Gasteiger partial charge in [0.1, 0.15) is 12.4 Å². The third kappa shape index (κ3) is 4.66. The molecule has 4 rings (SSSR count). The van der Waals surface area contributed by atoms with Crippen LogP contribution >= 0.6 is 11.6 Å². The number of carbonyl (C=O) groups excluding carboxylic acids is 1. The number of para-hydroxylation sites is 1. The first-order valence-corrected chi connectivity index (χ1v) is 10.3. The quantitative estimate of drug-likeness (QED) is 0.748. The van der Waals surface area contributed by atoms with Crippen LogP contribution in [0.25, 0.3) is 0 Å². The fourth-order valence-electron chi connectivity index (χ4n) is 3.87. The minimum Gasteiger partial charge on any atom is -0.492 e. The van der Waals surface area contributed by atoms with Crippen LogP contribution in [0.4, 0.5) is 5.69 Å². The second-order valence-electron chi connectivity index (χ2n) is 7.34. The van der Waals surface area contributed by atoms with Crippen molar-refractivity contribution in [3.8, 4) is 5.75 Å². The summed E-state index contributed by atoms with van der Waals surface area (Å²) in [5.74, 6) is 1.06. The summed E-state index contributed by atoms with van der Waals surface area (Å²) in [5, 5.41) is 0.718. The van der Waals surface area contributed by atoms with Crippen LogP contribution in [0.1, 0.15) is 5.56 Å². The van der Waals surface area contributed by atoms with Crippen molar-refractivity contribution in [2.24, 2.45) is 0 Å². The summed E-state index contributed by atoms with van der Waals surface area (Å²) in [6, 6.07) is 15.7. The average molecular weight is 400 g/mol.